The molecule has 12 heteroatoms. The van der Waals surface area contributed by atoms with Gasteiger partial charge in [0.15, 0.2) is 12.4 Å². The number of nitrogens with zero attached hydrogens (tertiary/aromatic N) is 1. The van der Waals surface area contributed by atoms with Crippen LogP contribution in [0.2, 0.25) is 0 Å². The molecule has 3 aliphatic rings. The number of carbonyl (C=O) groups is 3. The summed E-state index contributed by atoms with van der Waals surface area (Å²) in [6, 6.07) is 12.9. The fourth-order valence-electron chi connectivity index (χ4n) is 6.07. The van der Waals surface area contributed by atoms with Gasteiger partial charge >= 0.3 is 6.09 Å². The van der Waals surface area contributed by atoms with E-state index in [0.29, 0.717) is 6.61 Å². The molecule has 3 amide bonds. The summed E-state index contributed by atoms with van der Waals surface area (Å²) in [4.78, 5) is 41.9. The van der Waals surface area contributed by atoms with E-state index in [1.807, 2.05) is 63.2 Å². The second-order valence-corrected chi connectivity index (χ2v) is 13.7. The number of ether oxygens (including phenoxy) is 3. The van der Waals surface area contributed by atoms with Crippen molar-refractivity contribution in [1.29, 1.82) is 0 Å². The minimum atomic E-state index is -1.64. The average Bonchev–Trinajstić information content (AvgIpc) is 3.71. The zero-order chi connectivity index (χ0) is 31.4. The quantitative estimate of drug-likeness (QED) is 0.312. The Labute approximate surface area is 261 Å². The maximum Gasteiger partial charge on any atom is 0.407 e. The van der Waals surface area contributed by atoms with Gasteiger partial charge in [-0.15, -0.1) is 11.8 Å². The lowest BCUT2D eigenvalue weighted by molar-refractivity contribution is -0.147. The van der Waals surface area contributed by atoms with Crippen molar-refractivity contribution < 1.29 is 38.8 Å². The smallest absolute Gasteiger partial charge is 0.407 e. The van der Waals surface area contributed by atoms with E-state index in [-0.39, 0.29) is 50.2 Å². The van der Waals surface area contributed by atoms with Crippen LogP contribution in [0, 0.1) is 12.8 Å². The van der Waals surface area contributed by atoms with Crippen molar-refractivity contribution >= 4 is 29.7 Å². The number of nitrogens with one attached hydrogen (secondary N) is 2. The van der Waals surface area contributed by atoms with E-state index in [4.69, 9.17) is 14.2 Å². The highest BCUT2D eigenvalue weighted by Gasteiger charge is 2.50. The van der Waals surface area contributed by atoms with Gasteiger partial charge in [0, 0.05) is 11.3 Å². The topological polar surface area (TPSA) is 147 Å². The summed E-state index contributed by atoms with van der Waals surface area (Å²) in [6.07, 6.45) is -2.38. The van der Waals surface area contributed by atoms with Gasteiger partial charge < -0.3 is 40.0 Å². The number of rotatable bonds is 10. The predicted molar refractivity (Wildman–Crippen MR) is 163 cm³/mol. The Morgan fingerprint density at radius 3 is 2.64 bits per heavy atom. The lowest BCUT2D eigenvalue weighted by Crippen LogP contribution is -2.58. The molecule has 3 aliphatic heterocycles. The van der Waals surface area contributed by atoms with Gasteiger partial charge in [0.25, 0.3) is 5.91 Å². The van der Waals surface area contributed by atoms with Gasteiger partial charge in [0.05, 0.1) is 37.7 Å². The fourth-order valence-corrected chi connectivity index (χ4v) is 7.21. The third-order valence-corrected chi connectivity index (χ3v) is 9.97. The van der Waals surface area contributed by atoms with Crippen molar-refractivity contribution in [2.45, 2.75) is 82.1 Å². The number of alkyl carbamates (subject to hydrolysis) is 1. The summed E-state index contributed by atoms with van der Waals surface area (Å²) in [5, 5.41) is 26.5. The van der Waals surface area contributed by atoms with Crippen LogP contribution >= 0.6 is 11.8 Å². The number of carbonyl (C=O) groups excluding carboxylic acids is 3. The molecule has 4 N–H and O–H groups in total. The predicted octanol–water partition coefficient (Wildman–Crippen LogP) is 2.24. The van der Waals surface area contributed by atoms with Gasteiger partial charge in [0.1, 0.15) is 12.1 Å². The molecule has 3 saturated heterocycles. The fraction of sp³-hybridized carbons (Fsp3) is 0.531. The van der Waals surface area contributed by atoms with E-state index >= 15 is 0 Å². The van der Waals surface area contributed by atoms with Crippen molar-refractivity contribution in [1.82, 2.24) is 15.5 Å². The molecule has 238 valence electrons. The molecule has 0 aliphatic carbocycles. The Balaban J connectivity index is 1.28. The van der Waals surface area contributed by atoms with Crippen LogP contribution in [0.4, 0.5) is 4.79 Å². The monoisotopic (exact) mass is 627 g/mol. The first-order valence-electron chi connectivity index (χ1n) is 14.9. The molecule has 11 nitrogen and oxygen atoms in total. The molecular weight excluding hydrogens is 586 g/mol. The Hall–Kier alpha value is -3.16. The number of aliphatic hydroxyl groups is 2. The molecule has 0 spiro atoms. The van der Waals surface area contributed by atoms with Crippen LogP contribution in [0.5, 0.6) is 0 Å². The number of aryl methyl sites for hydroxylation is 1. The van der Waals surface area contributed by atoms with E-state index in [0.717, 1.165) is 28.7 Å². The lowest BCUT2D eigenvalue weighted by Gasteiger charge is -2.33. The first kappa shape index (κ1) is 32.2. The molecule has 44 heavy (non-hydrogen) atoms. The van der Waals surface area contributed by atoms with Gasteiger partial charge in [-0.25, -0.2) is 4.79 Å². The second-order valence-electron chi connectivity index (χ2n) is 12.1. The molecule has 6 atom stereocenters. The third kappa shape index (κ3) is 7.21. The SMILES string of the molecule is Cc1cc(CO)ccc1CNC(=O)[C@H]1N(C(=O)[C@@H](O)[C@H](Cc2ccccc2)NC(=O)O[C@H]2CO[C@H]3OCC[C@H]32)CSC1(C)C. The number of thioether (sulfide) groups is 1. The largest absolute Gasteiger partial charge is 0.443 e. The highest BCUT2D eigenvalue weighted by atomic mass is 32.2. The lowest BCUT2D eigenvalue weighted by atomic mass is 9.97. The zero-order valence-electron chi connectivity index (χ0n) is 25.2. The number of benzene rings is 2. The molecule has 0 unspecified atom stereocenters. The van der Waals surface area contributed by atoms with Crippen LogP contribution < -0.4 is 10.6 Å². The minimum Gasteiger partial charge on any atom is -0.443 e. The molecule has 0 bridgehead atoms. The maximum atomic E-state index is 13.9. The number of aliphatic hydroxyl groups excluding tert-OH is 2. The van der Waals surface area contributed by atoms with E-state index in [1.54, 1.807) is 6.07 Å². The summed E-state index contributed by atoms with van der Waals surface area (Å²) in [7, 11) is 0. The van der Waals surface area contributed by atoms with Crippen LogP contribution in [0.3, 0.4) is 0 Å². The molecule has 3 heterocycles. The van der Waals surface area contributed by atoms with Crippen molar-refractivity contribution in [3.8, 4) is 0 Å². The third-order valence-electron chi connectivity index (χ3n) is 8.60. The van der Waals surface area contributed by atoms with Crippen molar-refractivity contribution in [2.75, 3.05) is 19.1 Å². The first-order valence-corrected chi connectivity index (χ1v) is 15.9. The van der Waals surface area contributed by atoms with Crippen molar-refractivity contribution in [3.05, 3.63) is 70.8 Å². The first-order chi connectivity index (χ1) is 21.1. The summed E-state index contributed by atoms with van der Waals surface area (Å²) < 4.78 is 16.1. The van der Waals surface area contributed by atoms with Crippen LogP contribution in [0.1, 0.15) is 42.5 Å². The Morgan fingerprint density at radius 1 is 1.14 bits per heavy atom. The normalized spacial score (nSPS) is 25.2. The molecule has 0 radical (unpaired) electrons. The van der Waals surface area contributed by atoms with E-state index in [2.05, 4.69) is 10.6 Å². The standard InChI is InChI=1S/C32H41N3O8S/c1-19-13-21(16-36)9-10-22(19)15-33-28(38)27-32(2,3)44-18-35(27)29(39)26(37)24(14-20-7-5-4-6-8-20)34-31(40)43-25-17-42-30-23(25)11-12-41-30/h4-10,13,23-27,30,36-37H,11-12,14-18H2,1-3H3,(H,33,38)(H,34,40)/t23-,24-,25-,26-,27+,30+/m0/s1. The Morgan fingerprint density at radius 2 is 1.91 bits per heavy atom. The molecule has 0 saturated carbocycles. The zero-order valence-corrected chi connectivity index (χ0v) is 26.0. The van der Waals surface area contributed by atoms with Gasteiger partial charge in [-0.2, -0.15) is 0 Å². The number of fused-ring (bicyclic) bond motifs is 1. The molecule has 5 rings (SSSR count). The highest BCUT2D eigenvalue weighted by molar-refractivity contribution is 8.00. The average molecular weight is 628 g/mol. The summed E-state index contributed by atoms with van der Waals surface area (Å²) in [6.45, 7) is 6.63. The van der Waals surface area contributed by atoms with Crippen LogP contribution in [-0.2, 0) is 43.4 Å². The summed E-state index contributed by atoms with van der Waals surface area (Å²) in [5.74, 6) is -0.843. The molecule has 3 fully saturated rings. The highest BCUT2D eigenvalue weighted by Crippen LogP contribution is 2.40. The van der Waals surface area contributed by atoms with E-state index < -0.39 is 41.0 Å². The molecular formula is C32H41N3O8S. The second kappa shape index (κ2) is 13.9. The maximum absolute atomic E-state index is 13.9. The Bertz CT molecular complexity index is 1340. The van der Waals surface area contributed by atoms with E-state index in [1.165, 1.54) is 16.7 Å². The number of hydrogen-bond acceptors (Lipinski definition) is 9. The summed E-state index contributed by atoms with van der Waals surface area (Å²) >= 11 is 1.45. The molecule has 0 aromatic heterocycles. The van der Waals surface area contributed by atoms with Crippen LogP contribution in [0.15, 0.2) is 48.5 Å². The molecule has 2 aromatic rings. The number of hydrogen-bond donors (Lipinski definition) is 4. The van der Waals surface area contributed by atoms with Gasteiger partial charge in [-0.3, -0.25) is 9.59 Å². The van der Waals surface area contributed by atoms with Gasteiger partial charge in [0.2, 0.25) is 5.91 Å². The molecule has 2 aromatic carbocycles. The van der Waals surface area contributed by atoms with E-state index in [9.17, 15) is 24.6 Å². The van der Waals surface area contributed by atoms with Crippen molar-refractivity contribution in [3.63, 3.8) is 0 Å². The van der Waals surface area contributed by atoms with Crippen molar-refractivity contribution in [2.24, 2.45) is 5.92 Å². The van der Waals surface area contributed by atoms with Gasteiger partial charge in [-0.05, 0) is 55.9 Å². The van der Waals surface area contributed by atoms with Gasteiger partial charge in [-0.1, -0.05) is 48.5 Å². The van der Waals surface area contributed by atoms with Crippen LogP contribution in [-0.4, -0.2) is 87.4 Å². The Kier molecular flexibility index (Phi) is 10.2. The summed E-state index contributed by atoms with van der Waals surface area (Å²) in [5.41, 5.74) is 3.42. The van der Waals surface area contributed by atoms with Crippen LogP contribution in [0.25, 0.3) is 0 Å². The minimum absolute atomic E-state index is 0.0561. The number of amides is 3.